The van der Waals surface area contributed by atoms with Gasteiger partial charge < -0.3 is 10.6 Å². The molecule has 0 fully saturated rings. The fourth-order valence-electron chi connectivity index (χ4n) is 2.59. The topological polar surface area (TPSA) is 57.9 Å². The quantitative estimate of drug-likeness (QED) is 0.822. The number of aromatic amines is 1. The smallest absolute Gasteiger partial charge is 0.0965 e. The van der Waals surface area contributed by atoms with Gasteiger partial charge in [0.15, 0.2) is 0 Å². The van der Waals surface area contributed by atoms with Crippen molar-refractivity contribution in [3.05, 3.63) is 41.6 Å². The second-order valence-corrected chi connectivity index (χ2v) is 6.08. The average Bonchev–Trinajstić information content (AvgIpc) is 2.86. The molecular formula is C17H26N4. The Kier molecular flexibility index (Phi) is 5.53. The van der Waals surface area contributed by atoms with Gasteiger partial charge in [-0.05, 0) is 31.0 Å². The molecule has 4 heteroatoms. The Labute approximate surface area is 127 Å². The molecular weight excluding hydrogens is 260 g/mol. The summed E-state index contributed by atoms with van der Waals surface area (Å²) in [6, 6.07) is 8.69. The molecule has 0 amide bonds. The highest BCUT2D eigenvalue weighted by Crippen LogP contribution is 2.24. The van der Waals surface area contributed by atoms with Crippen molar-refractivity contribution in [2.24, 2.45) is 11.7 Å². The molecule has 0 aliphatic rings. The summed E-state index contributed by atoms with van der Waals surface area (Å²) in [7, 11) is 2.08. The molecule has 21 heavy (non-hydrogen) atoms. The van der Waals surface area contributed by atoms with E-state index in [1.807, 2.05) is 6.20 Å². The molecule has 1 aromatic heterocycles. The van der Waals surface area contributed by atoms with Gasteiger partial charge in [-0.2, -0.15) is 5.10 Å². The van der Waals surface area contributed by atoms with Crippen molar-refractivity contribution < 1.29 is 0 Å². The summed E-state index contributed by atoms with van der Waals surface area (Å²) in [6.45, 7) is 6.91. The fraction of sp³-hybridized carbons (Fsp3) is 0.471. The van der Waals surface area contributed by atoms with Crippen LogP contribution in [0, 0.1) is 5.92 Å². The molecule has 0 aliphatic carbocycles. The highest BCUT2D eigenvalue weighted by atomic mass is 15.1. The van der Waals surface area contributed by atoms with E-state index in [-0.39, 0.29) is 0 Å². The number of nitrogens with zero attached hydrogens (tertiary/aromatic N) is 2. The summed E-state index contributed by atoms with van der Waals surface area (Å²) in [5.41, 5.74) is 10.4. The van der Waals surface area contributed by atoms with E-state index < -0.39 is 0 Å². The first-order chi connectivity index (χ1) is 10.1. The van der Waals surface area contributed by atoms with E-state index >= 15 is 0 Å². The van der Waals surface area contributed by atoms with Gasteiger partial charge >= 0.3 is 0 Å². The SMILES string of the molecule is CC(C)Cc1cccc(-c2n[nH]cc2CN(C)CCN)c1. The molecule has 0 atom stereocenters. The van der Waals surface area contributed by atoms with Crippen LogP contribution in [-0.2, 0) is 13.0 Å². The lowest BCUT2D eigenvalue weighted by atomic mass is 9.99. The van der Waals surface area contributed by atoms with Crippen LogP contribution in [-0.4, -0.2) is 35.2 Å². The van der Waals surface area contributed by atoms with Gasteiger partial charge in [0.05, 0.1) is 5.69 Å². The minimum Gasteiger partial charge on any atom is -0.329 e. The van der Waals surface area contributed by atoms with Gasteiger partial charge in [0, 0.05) is 37.0 Å². The molecule has 0 saturated carbocycles. The number of rotatable bonds is 7. The first-order valence-electron chi connectivity index (χ1n) is 7.60. The van der Waals surface area contributed by atoms with Gasteiger partial charge in [0.1, 0.15) is 0 Å². The summed E-state index contributed by atoms with van der Waals surface area (Å²) in [6.07, 6.45) is 3.08. The number of nitrogens with two attached hydrogens (primary N) is 1. The molecule has 0 radical (unpaired) electrons. The summed E-state index contributed by atoms with van der Waals surface area (Å²) in [5.74, 6) is 0.662. The highest BCUT2D eigenvalue weighted by Gasteiger charge is 2.11. The zero-order valence-electron chi connectivity index (χ0n) is 13.3. The maximum absolute atomic E-state index is 5.61. The van der Waals surface area contributed by atoms with Crippen LogP contribution < -0.4 is 5.73 Å². The molecule has 1 heterocycles. The van der Waals surface area contributed by atoms with Gasteiger partial charge in [-0.3, -0.25) is 5.10 Å². The second-order valence-electron chi connectivity index (χ2n) is 6.08. The lowest BCUT2D eigenvalue weighted by molar-refractivity contribution is 0.337. The maximum atomic E-state index is 5.61. The molecule has 0 spiro atoms. The van der Waals surface area contributed by atoms with Crippen LogP contribution in [0.15, 0.2) is 30.5 Å². The fourth-order valence-corrected chi connectivity index (χ4v) is 2.59. The molecule has 0 aliphatic heterocycles. The van der Waals surface area contributed by atoms with E-state index in [4.69, 9.17) is 5.73 Å². The first-order valence-corrected chi connectivity index (χ1v) is 7.60. The number of nitrogens with one attached hydrogen (secondary N) is 1. The standard InChI is InChI=1S/C17H26N4/c1-13(2)9-14-5-4-6-15(10-14)17-16(11-19-20-17)12-21(3)8-7-18/h4-6,10-11,13H,7-9,12,18H2,1-3H3,(H,19,20). The minimum absolute atomic E-state index is 0.662. The van der Waals surface area contributed by atoms with Crippen molar-refractivity contribution >= 4 is 0 Å². The monoisotopic (exact) mass is 286 g/mol. The zero-order valence-corrected chi connectivity index (χ0v) is 13.3. The Balaban J connectivity index is 2.20. The van der Waals surface area contributed by atoms with Crippen molar-refractivity contribution in [2.45, 2.75) is 26.8 Å². The molecule has 0 bridgehead atoms. The largest absolute Gasteiger partial charge is 0.329 e. The third-order valence-electron chi connectivity index (χ3n) is 3.51. The average molecular weight is 286 g/mol. The van der Waals surface area contributed by atoms with Crippen molar-refractivity contribution in [1.29, 1.82) is 0 Å². The third kappa shape index (κ3) is 4.41. The molecule has 0 unspecified atom stereocenters. The predicted octanol–water partition coefficient (Wildman–Crippen LogP) is 2.67. The predicted molar refractivity (Wildman–Crippen MR) is 88.0 cm³/mol. The number of hydrogen-bond acceptors (Lipinski definition) is 3. The van der Waals surface area contributed by atoms with Crippen molar-refractivity contribution in [3.8, 4) is 11.3 Å². The van der Waals surface area contributed by atoms with E-state index in [1.165, 1.54) is 16.7 Å². The Morgan fingerprint density at radius 3 is 2.86 bits per heavy atom. The normalized spacial score (nSPS) is 11.5. The Bertz CT molecular complexity index is 559. The van der Waals surface area contributed by atoms with Crippen LogP contribution in [0.2, 0.25) is 0 Å². The highest BCUT2D eigenvalue weighted by molar-refractivity contribution is 5.63. The number of hydrogen-bond donors (Lipinski definition) is 2. The van der Waals surface area contributed by atoms with Crippen LogP contribution in [0.3, 0.4) is 0 Å². The number of likely N-dealkylation sites (N-methyl/N-ethyl adjacent to an activating group) is 1. The van der Waals surface area contributed by atoms with Gasteiger partial charge in [0.2, 0.25) is 0 Å². The molecule has 0 saturated heterocycles. The van der Waals surface area contributed by atoms with Crippen molar-refractivity contribution in [2.75, 3.05) is 20.1 Å². The summed E-state index contributed by atoms with van der Waals surface area (Å²) in [4.78, 5) is 2.21. The van der Waals surface area contributed by atoms with E-state index in [2.05, 4.69) is 60.3 Å². The molecule has 1 aromatic carbocycles. The Hall–Kier alpha value is -1.65. The third-order valence-corrected chi connectivity index (χ3v) is 3.51. The summed E-state index contributed by atoms with van der Waals surface area (Å²) in [5, 5.41) is 7.43. The molecule has 2 rings (SSSR count). The van der Waals surface area contributed by atoms with E-state index in [1.54, 1.807) is 0 Å². The van der Waals surface area contributed by atoms with Crippen LogP contribution in [0.25, 0.3) is 11.3 Å². The summed E-state index contributed by atoms with van der Waals surface area (Å²) < 4.78 is 0. The molecule has 114 valence electrons. The van der Waals surface area contributed by atoms with Crippen molar-refractivity contribution in [3.63, 3.8) is 0 Å². The minimum atomic E-state index is 0.662. The van der Waals surface area contributed by atoms with Crippen LogP contribution >= 0.6 is 0 Å². The van der Waals surface area contributed by atoms with Crippen molar-refractivity contribution in [1.82, 2.24) is 15.1 Å². The molecule has 4 nitrogen and oxygen atoms in total. The lowest BCUT2D eigenvalue weighted by Gasteiger charge is -2.15. The molecule has 2 aromatic rings. The Morgan fingerprint density at radius 1 is 1.33 bits per heavy atom. The zero-order chi connectivity index (χ0) is 15.2. The number of aromatic nitrogens is 2. The maximum Gasteiger partial charge on any atom is 0.0965 e. The van der Waals surface area contributed by atoms with E-state index in [0.29, 0.717) is 12.5 Å². The number of benzene rings is 1. The van der Waals surface area contributed by atoms with E-state index in [9.17, 15) is 0 Å². The van der Waals surface area contributed by atoms with Gasteiger partial charge in [0.25, 0.3) is 0 Å². The Morgan fingerprint density at radius 2 is 2.14 bits per heavy atom. The van der Waals surface area contributed by atoms with Gasteiger partial charge in [-0.25, -0.2) is 0 Å². The first kappa shape index (κ1) is 15.7. The lowest BCUT2D eigenvalue weighted by Crippen LogP contribution is -2.25. The number of H-pyrrole nitrogens is 1. The summed E-state index contributed by atoms with van der Waals surface area (Å²) >= 11 is 0. The van der Waals surface area contributed by atoms with Gasteiger partial charge in [-0.15, -0.1) is 0 Å². The molecule has 3 N–H and O–H groups in total. The van der Waals surface area contributed by atoms with Crippen LogP contribution in [0.1, 0.15) is 25.0 Å². The van der Waals surface area contributed by atoms with Crippen LogP contribution in [0.5, 0.6) is 0 Å². The van der Waals surface area contributed by atoms with Crippen LogP contribution in [0.4, 0.5) is 0 Å². The second kappa shape index (κ2) is 7.38. The van der Waals surface area contributed by atoms with Gasteiger partial charge in [-0.1, -0.05) is 32.0 Å². The van der Waals surface area contributed by atoms with E-state index in [0.717, 1.165) is 25.2 Å².